The van der Waals surface area contributed by atoms with Gasteiger partial charge >= 0.3 is 0 Å². The van der Waals surface area contributed by atoms with Crippen LogP contribution < -0.4 is 9.47 Å². The molecule has 0 amide bonds. The second-order valence-electron chi connectivity index (χ2n) is 4.53. The van der Waals surface area contributed by atoms with Gasteiger partial charge in [0.05, 0.1) is 6.16 Å². The van der Waals surface area contributed by atoms with Crippen molar-refractivity contribution in [1.29, 1.82) is 0 Å². The summed E-state index contributed by atoms with van der Waals surface area (Å²) < 4.78 is 11.9. The van der Waals surface area contributed by atoms with Gasteiger partial charge < -0.3 is 9.47 Å². The van der Waals surface area contributed by atoms with Crippen molar-refractivity contribution >= 4 is 19.2 Å². The van der Waals surface area contributed by atoms with E-state index in [1.807, 2.05) is 62.4 Å². The van der Waals surface area contributed by atoms with E-state index in [9.17, 15) is 0 Å². The van der Waals surface area contributed by atoms with E-state index in [0.29, 0.717) is 6.16 Å². The molecule has 0 aliphatic rings. The summed E-state index contributed by atoms with van der Waals surface area (Å²) in [4.78, 5) is 0. The van der Waals surface area contributed by atoms with Gasteiger partial charge in [-0.05, 0) is 45.0 Å². The summed E-state index contributed by atoms with van der Waals surface area (Å²) in [7, 11) is 0.257. The van der Waals surface area contributed by atoms with Crippen molar-refractivity contribution in [2.45, 2.75) is 20.1 Å². The van der Waals surface area contributed by atoms with E-state index in [-0.39, 0.29) is 14.2 Å². The third-order valence-corrected chi connectivity index (χ3v) is 3.90. The van der Waals surface area contributed by atoms with E-state index >= 15 is 0 Å². The molecule has 0 saturated heterocycles. The van der Waals surface area contributed by atoms with Gasteiger partial charge in [-0.1, -0.05) is 47.6 Å². The molecule has 0 saturated carbocycles. The Hall–Kier alpha value is -1.24. The molecular formula is C16H18ClO2P. The van der Waals surface area contributed by atoms with Gasteiger partial charge in [0, 0.05) is 0 Å². The molecule has 1 unspecified atom stereocenters. The number of aryl methyl sites for hydroxylation is 2. The highest BCUT2D eigenvalue weighted by Gasteiger charge is 2.14. The predicted octanol–water partition coefficient (Wildman–Crippen LogP) is 4.92. The average Bonchev–Trinajstić information content (AvgIpc) is 2.44. The first-order chi connectivity index (χ1) is 9.70. The molecule has 2 aromatic rings. The molecule has 20 heavy (non-hydrogen) atoms. The molecule has 2 rings (SSSR count). The highest BCUT2D eigenvalue weighted by Crippen LogP contribution is 2.26. The Morgan fingerprint density at radius 2 is 1.35 bits per heavy atom. The SMILES string of the molecule is Cc1ccccc1OC(CPCl)Oc1ccccc1C. The minimum absolute atomic E-state index is 0.257. The van der Waals surface area contributed by atoms with E-state index in [1.54, 1.807) is 0 Å². The maximum absolute atomic E-state index is 5.94. The summed E-state index contributed by atoms with van der Waals surface area (Å²) in [5, 5.41) is 0. The van der Waals surface area contributed by atoms with Crippen LogP contribution >= 0.6 is 19.2 Å². The Labute approximate surface area is 126 Å². The molecule has 2 nitrogen and oxygen atoms in total. The van der Waals surface area contributed by atoms with Gasteiger partial charge in [-0.25, -0.2) is 0 Å². The van der Waals surface area contributed by atoms with Gasteiger partial charge in [-0.15, -0.1) is 0 Å². The summed E-state index contributed by atoms with van der Waals surface area (Å²) in [5.41, 5.74) is 2.17. The number of hydrogen-bond donors (Lipinski definition) is 0. The fourth-order valence-corrected chi connectivity index (χ4v) is 2.50. The van der Waals surface area contributed by atoms with Crippen LogP contribution in [0.5, 0.6) is 11.5 Å². The zero-order valence-corrected chi connectivity index (χ0v) is 13.4. The van der Waals surface area contributed by atoms with Crippen LogP contribution in [-0.2, 0) is 0 Å². The van der Waals surface area contributed by atoms with Crippen molar-refractivity contribution < 1.29 is 9.47 Å². The van der Waals surface area contributed by atoms with Crippen molar-refractivity contribution in [3.8, 4) is 11.5 Å². The highest BCUT2D eigenvalue weighted by atomic mass is 35.7. The van der Waals surface area contributed by atoms with Crippen molar-refractivity contribution in [1.82, 2.24) is 0 Å². The standard InChI is InChI=1S/C16H18ClO2P/c1-12-7-3-5-9-14(12)18-16(11-20-17)19-15-10-6-4-8-13(15)2/h3-10,16,20H,11H2,1-2H3. The van der Waals surface area contributed by atoms with Gasteiger partial charge in [0.2, 0.25) is 6.29 Å². The number of halogens is 1. The molecule has 0 aliphatic heterocycles. The summed E-state index contributed by atoms with van der Waals surface area (Å²) in [6.45, 7) is 4.03. The molecule has 106 valence electrons. The fourth-order valence-electron chi connectivity index (χ4n) is 1.83. The summed E-state index contributed by atoms with van der Waals surface area (Å²) in [5.74, 6) is 1.67. The van der Waals surface area contributed by atoms with E-state index in [4.69, 9.17) is 20.7 Å². The minimum atomic E-state index is -0.368. The Morgan fingerprint density at radius 3 is 1.75 bits per heavy atom. The molecule has 0 aromatic heterocycles. The number of ether oxygens (including phenoxy) is 2. The maximum atomic E-state index is 5.94. The normalized spacial score (nSPS) is 11.2. The topological polar surface area (TPSA) is 18.5 Å². The van der Waals surface area contributed by atoms with Crippen molar-refractivity contribution in [3.63, 3.8) is 0 Å². The number of para-hydroxylation sites is 2. The van der Waals surface area contributed by atoms with Gasteiger partial charge in [-0.2, -0.15) is 0 Å². The number of rotatable bonds is 6. The highest BCUT2D eigenvalue weighted by molar-refractivity contribution is 7.68. The molecular weight excluding hydrogens is 291 g/mol. The zero-order valence-electron chi connectivity index (χ0n) is 11.6. The second-order valence-corrected chi connectivity index (χ2v) is 6.01. The largest absolute Gasteiger partial charge is 0.454 e. The molecule has 0 bridgehead atoms. The molecule has 0 fully saturated rings. The van der Waals surface area contributed by atoms with Crippen molar-refractivity contribution in [3.05, 3.63) is 59.7 Å². The van der Waals surface area contributed by atoms with Gasteiger partial charge in [-0.3, -0.25) is 0 Å². The Kier molecular flexibility index (Phi) is 5.70. The van der Waals surface area contributed by atoms with Crippen LogP contribution in [0.2, 0.25) is 0 Å². The lowest BCUT2D eigenvalue weighted by atomic mass is 10.2. The minimum Gasteiger partial charge on any atom is -0.454 e. The van der Waals surface area contributed by atoms with Gasteiger partial charge in [0.1, 0.15) is 11.5 Å². The molecule has 0 aliphatic carbocycles. The monoisotopic (exact) mass is 308 g/mol. The Balaban J connectivity index is 2.12. The van der Waals surface area contributed by atoms with E-state index < -0.39 is 0 Å². The first kappa shape index (κ1) is 15.2. The van der Waals surface area contributed by atoms with E-state index in [2.05, 4.69) is 0 Å². The number of benzene rings is 2. The zero-order chi connectivity index (χ0) is 14.4. The van der Waals surface area contributed by atoms with Crippen molar-refractivity contribution in [2.24, 2.45) is 0 Å². The molecule has 1 atom stereocenters. The first-order valence-electron chi connectivity index (χ1n) is 6.49. The average molecular weight is 309 g/mol. The summed E-state index contributed by atoms with van der Waals surface area (Å²) in [6.07, 6.45) is 0.289. The van der Waals surface area contributed by atoms with Gasteiger partial charge in [0.25, 0.3) is 0 Å². The third-order valence-electron chi connectivity index (χ3n) is 2.95. The summed E-state index contributed by atoms with van der Waals surface area (Å²) in [6, 6.07) is 15.8. The third kappa shape index (κ3) is 4.13. The second kappa shape index (κ2) is 7.52. The quantitative estimate of drug-likeness (QED) is 0.557. The molecule has 4 heteroatoms. The van der Waals surface area contributed by atoms with Crippen LogP contribution in [0.15, 0.2) is 48.5 Å². The smallest absolute Gasteiger partial charge is 0.245 e. The van der Waals surface area contributed by atoms with Crippen molar-refractivity contribution in [2.75, 3.05) is 6.16 Å². The molecule has 0 spiro atoms. The lowest BCUT2D eigenvalue weighted by molar-refractivity contribution is 0.0250. The first-order valence-corrected chi connectivity index (χ1v) is 8.70. The summed E-state index contributed by atoms with van der Waals surface area (Å²) >= 11 is 5.88. The van der Waals surface area contributed by atoms with Crippen LogP contribution in [0.3, 0.4) is 0 Å². The van der Waals surface area contributed by atoms with Crippen LogP contribution in [0, 0.1) is 13.8 Å². The lowest BCUT2D eigenvalue weighted by Crippen LogP contribution is -2.26. The Morgan fingerprint density at radius 1 is 0.900 bits per heavy atom. The lowest BCUT2D eigenvalue weighted by Gasteiger charge is -2.21. The van der Waals surface area contributed by atoms with Crippen LogP contribution in [0.25, 0.3) is 0 Å². The van der Waals surface area contributed by atoms with Crippen LogP contribution in [0.4, 0.5) is 0 Å². The molecule has 0 N–H and O–H groups in total. The van der Waals surface area contributed by atoms with Crippen LogP contribution in [-0.4, -0.2) is 12.5 Å². The van der Waals surface area contributed by atoms with Gasteiger partial charge in [0.15, 0.2) is 0 Å². The fraction of sp³-hybridized carbons (Fsp3) is 0.250. The number of hydrogen-bond acceptors (Lipinski definition) is 2. The molecule has 2 aromatic carbocycles. The maximum Gasteiger partial charge on any atom is 0.245 e. The predicted molar refractivity (Wildman–Crippen MR) is 86.4 cm³/mol. The van der Waals surface area contributed by atoms with E-state index in [1.165, 1.54) is 0 Å². The Bertz CT molecular complexity index is 512. The molecule has 0 heterocycles. The molecule has 0 radical (unpaired) electrons. The van der Waals surface area contributed by atoms with Crippen LogP contribution in [0.1, 0.15) is 11.1 Å². The van der Waals surface area contributed by atoms with E-state index in [0.717, 1.165) is 22.6 Å².